The molecule has 57 heavy (non-hydrogen) atoms. The monoisotopic (exact) mass is 726 g/mol. The first-order chi connectivity index (χ1) is 28.3. The Bertz CT molecular complexity index is 3470. The molecule has 2 aliphatic rings. The van der Waals surface area contributed by atoms with Gasteiger partial charge in [-0.05, 0) is 83.1 Å². The smallest absolute Gasteiger partial charge is 0.252 e. The van der Waals surface area contributed by atoms with Crippen LogP contribution in [-0.2, 0) is 0 Å². The molecule has 0 saturated heterocycles. The van der Waals surface area contributed by atoms with Crippen LogP contribution in [0.5, 0.6) is 0 Å². The maximum absolute atomic E-state index is 5.22. The van der Waals surface area contributed by atoms with E-state index in [-0.39, 0.29) is 6.71 Å². The van der Waals surface area contributed by atoms with Crippen molar-refractivity contribution in [1.82, 2.24) is 38.2 Å². The first kappa shape index (κ1) is 29.6. The van der Waals surface area contributed by atoms with Crippen LogP contribution in [-0.4, -0.2) is 44.9 Å². The Labute approximate surface area is 324 Å². The van der Waals surface area contributed by atoms with Gasteiger partial charge >= 0.3 is 0 Å². The molecule has 0 fully saturated rings. The largest absolute Gasteiger partial charge is 0.296 e. The summed E-state index contributed by atoms with van der Waals surface area (Å²) in [6.45, 7) is -0.0426. The van der Waals surface area contributed by atoms with Gasteiger partial charge in [-0.1, -0.05) is 72.8 Å². The second kappa shape index (κ2) is 10.5. The third kappa shape index (κ3) is 3.56. The van der Waals surface area contributed by atoms with Crippen molar-refractivity contribution in [3.05, 3.63) is 164 Å². The highest BCUT2D eigenvalue weighted by atomic mass is 15.2. The fourth-order valence-corrected chi connectivity index (χ4v) is 10.3. The van der Waals surface area contributed by atoms with Crippen LogP contribution in [0.2, 0.25) is 0 Å². The Hall–Kier alpha value is -7.78. The fourth-order valence-electron chi connectivity index (χ4n) is 10.3. The summed E-state index contributed by atoms with van der Waals surface area (Å²) in [7, 11) is 0. The molecule has 0 radical (unpaired) electrons. The van der Waals surface area contributed by atoms with Crippen LogP contribution in [0.15, 0.2) is 164 Å². The highest BCUT2D eigenvalue weighted by Gasteiger charge is 2.43. The lowest BCUT2D eigenvalue weighted by molar-refractivity contribution is 1.04. The maximum atomic E-state index is 5.22. The summed E-state index contributed by atoms with van der Waals surface area (Å²) in [6.07, 6.45) is 7.57. The molecule has 0 unspecified atom stereocenters. The Balaban J connectivity index is 1.24. The topological polar surface area (TPSA) is 71.3 Å². The van der Waals surface area contributed by atoms with E-state index in [9.17, 15) is 0 Å². The van der Waals surface area contributed by atoms with Crippen molar-refractivity contribution in [3.63, 3.8) is 0 Å². The minimum atomic E-state index is -0.0426. The third-order valence-electron chi connectivity index (χ3n) is 12.3. The molecule has 0 aliphatic carbocycles. The lowest BCUT2D eigenvalue weighted by Gasteiger charge is -2.34. The molecule has 0 atom stereocenters. The van der Waals surface area contributed by atoms with Crippen molar-refractivity contribution in [2.75, 3.05) is 0 Å². The van der Waals surface area contributed by atoms with E-state index >= 15 is 0 Å². The van der Waals surface area contributed by atoms with Gasteiger partial charge in [-0.15, -0.1) is 0 Å². The van der Waals surface area contributed by atoms with Crippen LogP contribution in [0.1, 0.15) is 0 Å². The van der Waals surface area contributed by atoms with E-state index in [1.54, 1.807) is 0 Å². The first-order valence-electron chi connectivity index (χ1n) is 19.3. The molecule has 2 aliphatic heterocycles. The van der Waals surface area contributed by atoms with Crippen molar-refractivity contribution in [3.8, 4) is 34.1 Å². The average molecular weight is 727 g/mol. The molecule has 0 amide bonds. The molecule has 262 valence electrons. The van der Waals surface area contributed by atoms with Crippen molar-refractivity contribution in [2.45, 2.75) is 0 Å². The third-order valence-corrected chi connectivity index (χ3v) is 12.3. The Morgan fingerprint density at radius 1 is 0.439 bits per heavy atom. The number of fused-ring (bicyclic) bond motifs is 14. The average Bonchev–Trinajstić information content (AvgIpc) is 4.00. The van der Waals surface area contributed by atoms with Gasteiger partial charge in [0, 0.05) is 74.6 Å². The van der Waals surface area contributed by atoms with Crippen molar-refractivity contribution in [2.24, 2.45) is 0 Å². The summed E-state index contributed by atoms with van der Waals surface area (Å²) >= 11 is 0. The van der Waals surface area contributed by atoms with Crippen molar-refractivity contribution < 1.29 is 0 Å². The fraction of sp³-hybridized carbons (Fsp3) is 0. The molecule has 12 aromatic rings. The lowest BCUT2D eigenvalue weighted by atomic mass is 9.34. The quantitative estimate of drug-likeness (QED) is 0.172. The zero-order chi connectivity index (χ0) is 36.9. The summed E-state index contributed by atoms with van der Waals surface area (Å²) in [5.74, 6) is 0.678. The molecule has 8 nitrogen and oxygen atoms in total. The number of hydrogen-bond acceptors (Lipinski definition) is 4. The van der Waals surface area contributed by atoms with Gasteiger partial charge in [-0.3, -0.25) is 23.3 Å². The van der Waals surface area contributed by atoms with Crippen LogP contribution in [0.25, 0.3) is 100 Å². The summed E-state index contributed by atoms with van der Waals surface area (Å²) in [5, 5.41) is 5.86. The molecule has 14 rings (SSSR count). The van der Waals surface area contributed by atoms with Crippen LogP contribution in [0, 0.1) is 0 Å². The van der Waals surface area contributed by atoms with Gasteiger partial charge in [0.2, 0.25) is 0 Å². The molecule has 0 saturated carbocycles. The van der Waals surface area contributed by atoms with Gasteiger partial charge in [0.05, 0.1) is 27.5 Å². The van der Waals surface area contributed by atoms with Gasteiger partial charge in [0.1, 0.15) is 16.9 Å². The van der Waals surface area contributed by atoms with Crippen LogP contribution in [0.4, 0.5) is 0 Å². The molecular formula is C48H27BN8. The van der Waals surface area contributed by atoms with Crippen LogP contribution >= 0.6 is 0 Å². The lowest BCUT2D eigenvalue weighted by Crippen LogP contribution is -2.59. The molecule has 0 spiro atoms. The van der Waals surface area contributed by atoms with Crippen molar-refractivity contribution in [1.29, 1.82) is 0 Å². The van der Waals surface area contributed by atoms with E-state index in [1.807, 2.05) is 30.9 Å². The summed E-state index contributed by atoms with van der Waals surface area (Å²) < 4.78 is 9.75. The molecule has 0 N–H and O–H groups in total. The second-order valence-electron chi connectivity index (χ2n) is 15.1. The second-order valence-corrected chi connectivity index (χ2v) is 15.1. The predicted octanol–water partition coefficient (Wildman–Crippen LogP) is 8.16. The summed E-state index contributed by atoms with van der Waals surface area (Å²) in [6, 6.07) is 49.9. The van der Waals surface area contributed by atoms with E-state index in [2.05, 4.69) is 152 Å². The standard InChI is InChI=1S/C48H27BN8/c1-3-12-29(13-4-1)54-36-20-8-7-16-31(36)40-42-44-35(21-25-50-42)49-34-19-9-17-32-39-33-18-10-22-53-46(33)55(30-14-5-2-6-15-30)47(39)56(43(32)34)37-26-28(45-51-23-11-24-52-45)27-38(41(37)49)57(44)48(40)54/h1-27H. The first-order valence-corrected chi connectivity index (χ1v) is 19.3. The molecule has 9 heterocycles. The van der Waals surface area contributed by atoms with Gasteiger partial charge in [-0.2, -0.15) is 0 Å². The number of hydrogen-bond donors (Lipinski definition) is 0. The maximum Gasteiger partial charge on any atom is 0.252 e. The van der Waals surface area contributed by atoms with E-state index < -0.39 is 0 Å². The number of para-hydroxylation sites is 4. The summed E-state index contributed by atoms with van der Waals surface area (Å²) in [4.78, 5) is 19.9. The van der Waals surface area contributed by atoms with Crippen LogP contribution < -0.4 is 16.4 Å². The van der Waals surface area contributed by atoms with E-state index in [0.29, 0.717) is 5.82 Å². The van der Waals surface area contributed by atoms with Gasteiger partial charge < -0.3 is 0 Å². The molecule has 9 heteroatoms. The highest BCUT2D eigenvalue weighted by Crippen LogP contribution is 2.45. The Morgan fingerprint density at radius 2 is 1.09 bits per heavy atom. The molecule has 7 aromatic heterocycles. The zero-order valence-corrected chi connectivity index (χ0v) is 30.2. The molecule has 5 aromatic carbocycles. The number of rotatable bonds is 3. The molecular weight excluding hydrogens is 699 g/mol. The number of aromatic nitrogens is 8. The van der Waals surface area contributed by atoms with E-state index in [4.69, 9.17) is 19.9 Å². The minimum Gasteiger partial charge on any atom is -0.296 e. The Morgan fingerprint density at radius 3 is 1.89 bits per heavy atom. The van der Waals surface area contributed by atoms with Gasteiger partial charge in [0.15, 0.2) is 5.82 Å². The van der Waals surface area contributed by atoms with Gasteiger partial charge in [-0.25, -0.2) is 15.0 Å². The zero-order valence-electron chi connectivity index (χ0n) is 30.2. The normalized spacial score (nSPS) is 12.9. The van der Waals surface area contributed by atoms with Gasteiger partial charge in [0.25, 0.3) is 6.71 Å². The SMILES string of the molecule is c1ccc(-n2c3ccccc3c3c4nccc5c4n(c32)-c2cc(-c3ncccn3)cc3c2B5c2cccc4c5c6cccnc6n(-c6ccccc6)c5n-3c24)cc1. The predicted molar refractivity (Wildman–Crippen MR) is 230 cm³/mol. The van der Waals surface area contributed by atoms with Crippen LogP contribution in [0.3, 0.4) is 0 Å². The minimum absolute atomic E-state index is 0.0426. The van der Waals surface area contributed by atoms with Crippen molar-refractivity contribution >= 4 is 89.0 Å². The number of pyridine rings is 2. The summed E-state index contributed by atoms with van der Waals surface area (Å²) in [5.41, 5.74) is 16.7. The Kier molecular flexibility index (Phi) is 5.44. The van der Waals surface area contributed by atoms with E-state index in [1.165, 1.54) is 38.1 Å². The number of nitrogens with zero attached hydrogens (tertiary/aromatic N) is 8. The molecule has 0 bridgehead atoms. The van der Waals surface area contributed by atoms with E-state index in [0.717, 1.165) is 72.6 Å². The highest BCUT2D eigenvalue weighted by molar-refractivity contribution is 7.00. The number of benzene rings is 5.